The van der Waals surface area contributed by atoms with E-state index in [0.29, 0.717) is 6.42 Å². The quantitative estimate of drug-likeness (QED) is 0.331. The zero-order chi connectivity index (χ0) is 27.4. The van der Waals surface area contributed by atoms with Crippen molar-refractivity contribution in [3.05, 3.63) is 20.8 Å². The van der Waals surface area contributed by atoms with Gasteiger partial charge in [0, 0.05) is 34.1 Å². The Morgan fingerprint density at radius 3 is 2.41 bits per heavy atom. The molecule has 0 aliphatic carbocycles. The minimum Gasteiger partial charge on any atom is -0.464 e. The van der Waals surface area contributed by atoms with Gasteiger partial charge >= 0.3 is 23.6 Å². The highest BCUT2D eigenvalue weighted by Crippen LogP contribution is 2.35. The predicted molar refractivity (Wildman–Crippen MR) is 125 cm³/mol. The van der Waals surface area contributed by atoms with Gasteiger partial charge in [-0.2, -0.15) is 4.98 Å². The Bertz CT molecular complexity index is 1330. The number of aromatic amines is 1. The zero-order valence-electron chi connectivity index (χ0n) is 21.1. The van der Waals surface area contributed by atoms with Crippen LogP contribution in [0.1, 0.15) is 53.7 Å². The predicted octanol–water partition coefficient (Wildman–Crippen LogP) is -0.0313. The molecule has 2 aromatic rings. The highest BCUT2D eigenvalue weighted by Gasteiger charge is 2.45. The van der Waals surface area contributed by atoms with Gasteiger partial charge in [-0.05, 0) is 6.42 Å². The summed E-state index contributed by atoms with van der Waals surface area (Å²) in [5, 5.41) is 2.36. The number of hydrogen-bond acceptors (Lipinski definition) is 11. The van der Waals surface area contributed by atoms with Crippen molar-refractivity contribution in [3.8, 4) is 0 Å². The van der Waals surface area contributed by atoms with E-state index in [9.17, 15) is 28.8 Å². The highest BCUT2D eigenvalue weighted by molar-refractivity contribution is 5.87. The van der Waals surface area contributed by atoms with Gasteiger partial charge < -0.3 is 18.9 Å². The summed E-state index contributed by atoms with van der Waals surface area (Å²) in [6, 6.07) is 0. The normalized spacial score (nSPS) is 19.9. The molecule has 0 aromatic carbocycles. The maximum Gasteiger partial charge on any atom is 0.332 e. The van der Waals surface area contributed by atoms with E-state index in [-0.39, 0.29) is 36.7 Å². The number of hydrogen-bond donors (Lipinski definition) is 2. The van der Waals surface area contributed by atoms with E-state index in [1.54, 1.807) is 6.92 Å². The van der Waals surface area contributed by atoms with Crippen LogP contribution in [0.4, 0.5) is 5.95 Å². The third kappa shape index (κ3) is 6.22. The summed E-state index contributed by atoms with van der Waals surface area (Å²) in [5.41, 5.74) is -1.85. The first kappa shape index (κ1) is 27.6. The fraction of sp³-hybridized carbons (Fsp3) is 0.591. The largest absolute Gasteiger partial charge is 0.464 e. The van der Waals surface area contributed by atoms with Crippen molar-refractivity contribution in [3.63, 3.8) is 0 Å². The van der Waals surface area contributed by atoms with Crippen molar-refractivity contribution >= 4 is 40.9 Å². The van der Waals surface area contributed by atoms with Crippen LogP contribution in [0.3, 0.4) is 0 Å². The number of nitrogens with zero attached hydrogens (tertiary/aromatic N) is 3. The molecule has 0 spiro atoms. The molecule has 1 fully saturated rings. The van der Waals surface area contributed by atoms with Crippen LogP contribution in [0.25, 0.3) is 11.2 Å². The molecule has 15 nitrogen and oxygen atoms in total. The number of imidazole rings is 1. The standard InChI is InChI=1S/C22H29N5O10/c1-6-14(35-12(4)30)15-9-16(36-13(5)31)20(37-15)27-18-17(19(32)25-21(24-18)23-10(2)28)26(22(27)33)7-8-34-11(3)29/h14-16,20H,6-9H2,1-5H3,(H2,23,24,25,28,32)/t14?,15-,16+,20+/m0/s1. The number of anilines is 1. The monoisotopic (exact) mass is 523 g/mol. The maximum absolute atomic E-state index is 13.6. The van der Waals surface area contributed by atoms with E-state index in [4.69, 9.17) is 18.9 Å². The summed E-state index contributed by atoms with van der Waals surface area (Å²) in [7, 11) is 0. The van der Waals surface area contributed by atoms with Crippen molar-refractivity contribution in [2.24, 2.45) is 0 Å². The van der Waals surface area contributed by atoms with Gasteiger partial charge in [0.25, 0.3) is 5.56 Å². The molecule has 202 valence electrons. The first-order chi connectivity index (χ1) is 17.4. The Labute approximate surface area is 210 Å². The van der Waals surface area contributed by atoms with Crippen LogP contribution in [0.5, 0.6) is 0 Å². The molecule has 1 saturated heterocycles. The number of amides is 1. The number of carbonyl (C=O) groups is 4. The fourth-order valence-corrected chi connectivity index (χ4v) is 4.22. The molecule has 0 bridgehead atoms. The summed E-state index contributed by atoms with van der Waals surface area (Å²) in [4.78, 5) is 79.4. The molecule has 0 saturated carbocycles. The van der Waals surface area contributed by atoms with Gasteiger partial charge in [-0.25, -0.2) is 9.36 Å². The number of H-pyrrole nitrogens is 1. The van der Waals surface area contributed by atoms with Crippen LogP contribution < -0.4 is 16.6 Å². The van der Waals surface area contributed by atoms with Gasteiger partial charge in [0.1, 0.15) is 24.9 Å². The van der Waals surface area contributed by atoms with Gasteiger partial charge in [0.15, 0.2) is 17.4 Å². The molecule has 3 rings (SSSR count). The Hall–Kier alpha value is -4.01. The number of aromatic nitrogens is 4. The van der Waals surface area contributed by atoms with Crippen molar-refractivity contribution in [1.29, 1.82) is 0 Å². The molecule has 1 aliphatic rings. The van der Waals surface area contributed by atoms with Crippen LogP contribution >= 0.6 is 0 Å². The van der Waals surface area contributed by atoms with Crippen LogP contribution in [0.2, 0.25) is 0 Å². The van der Waals surface area contributed by atoms with Crippen LogP contribution in [-0.2, 0) is 44.7 Å². The Kier molecular flexibility index (Phi) is 8.47. The van der Waals surface area contributed by atoms with Gasteiger partial charge in [-0.3, -0.25) is 38.8 Å². The number of nitrogens with one attached hydrogen (secondary N) is 2. The third-order valence-electron chi connectivity index (χ3n) is 5.53. The van der Waals surface area contributed by atoms with E-state index in [2.05, 4.69) is 15.3 Å². The molecule has 1 aliphatic heterocycles. The molecular weight excluding hydrogens is 494 g/mol. The summed E-state index contributed by atoms with van der Waals surface area (Å²) in [6.45, 7) is 6.22. The molecule has 2 N–H and O–H groups in total. The second-order valence-corrected chi connectivity index (χ2v) is 8.42. The first-order valence-corrected chi connectivity index (χ1v) is 11.6. The van der Waals surface area contributed by atoms with E-state index >= 15 is 0 Å². The second kappa shape index (κ2) is 11.4. The first-order valence-electron chi connectivity index (χ1n) is 11.6. The Morgan fingerprint density at radius 1 is 1.14 bits per heavy atom. The van der Waals surface area contributed by atoms with Crippen LogP contribution in [0.15, 0.2) is 9.59 Å². The van der Waals surface area contributed by atoms with Crippen molar-refractivity contribution in [1.82, 2.24) is 19.1 Å². The summed E-state index contributed by atoms with van der Waals surface area (Å²) < 4.78 is 23.9. The van der Waals surface area contributed by atoms with Crippen LogP contribution in [-0.4, -0.2) is 67.8 Å². The number of rotatable bonds is 9. The molecule has 2 aromatic heterocycles. The number of ether oxygens (including phenoxy) is 4. The van der Waals surface area contributed by atoms with Gasteiger partial charge in [-0.15, -0.1) is 0 Å². The van der Waals surface area contributed by atoms with Crippen molar-refractivity contribution in [2.45, 2.75) is 78.5 Å². The van der Waals surface area contributed by atoms with Gasteiger partial charge in [-0.1, -0.05) is 6.92 Å². The Morgan fingerprint density at radius 2 is 1.84 bits per heavy atom. The smallest absolute Gasteiger partial charge is 0.332 e. The molecule has 1 amide bonds. The minimum absolute atomic E-state index is 0.0876. The number of carbonyl (C=O) groups excluding carboxylic acids is 4. The Balaban J connectivity index is 2.18. The molecular formula is C22H29N5O10. The van der Waals surface area contributed by atoms with Crippen molar-refractivity contribution in [2.75, 3.05) is 11.9 Å². The van der Waals surface area contributed by atoms with E-state index in [1.807, 2.05) is 0 Å². The van der Waals surface area contributed by atoms with Crippen LogP contribution in [0, 0.1) is 0 Å². The second-order valence-electron chi connectivity index (χ2n) is 8.42. The van der Waals surface area contributed by atoms with E-state index in [1.165, 1.54) is 27.7 Å². The van der Waals surface area contributed by atoms with E-state index < -0.39 is 59.6 Å². The minimum atomic E-state index is -1.25. The molecule has 37 heavy (non-hydrogen) atoms. The third-order valence-corrected chi connectivity index (χ3v) is 5.53. The lowest BCUT2D eigenvalue weighted by Crippen LogP contribution is -2.34. The highest BCUT2D eigenvalue weighted by atomic mass is 16.6. The summed E-state index contributed by atoms with van der Waals surface area (Å²) in [5.74, 6) is -2.50. The molecule has 4 atom stereocenters. The lowest BCUT2D eigenvalue weighted by atomic mass is 10.1. The summed E-state index contributed by atoms with van der Waals surface area (Å²) in [6.07, 6.45) is -3.21. The molecule has 0 radical (unpaired) electrons. The van der Waals surface area contributed by atoms with Gasteiger partial charge in [0.05, 0.1) is 6.54 Å². The molecule has 1 unspecified atom stereocenters. The number of esters is 3. The topological polar surface area (TPSA) is 190 Å². The average Bonchev–Trinajstić information content (AvgIpc) is 3.29. The zero-order valence-corrected chi connectivity index (χ0v) is 21.1. The van der Waals surface area contributed by atoms with Crippen molar-refractivity contribution < 1.29 is 38.1 Å². The molecule has 3 heterocycles. The average molecular weight is 523 g/mol. The lowest BCUT2D eigenvalue weighted by Gasteiger charge is -2.22. The van der Waals surface area contributed by atoms with Gasteiger partial charge in [0.2, 0.25) is 11.9 Å². The summed E-state index contributed by atoms with van der Waals surface area (Å²) >= 11 is 0. The SMILES string of the molecule is CCC(OC(C)=O)[C@@H]1C[C@@H](OC(C)=O)[C@H](n2c(=O)n(CCOC(C)=O)c3c(=O)[nH]c(NC(C)=O)nc32)O1. The maximum atomic E-state index is 13.6. The van der Waals surface area contributed by atoms with E-state index in [0.717, 1.165) is 9.13 Å². The lowest BCUT2D eigenvalue weighted by molar-refractivity contribution is -0.158. The fourth-order valence-electron chi connectivity index (χ4n) is 4.22. The number of fused-ring (bicyclic) bond motifs is 1. The molecule has 15 heteroatoms.